The minimum Gasteiger partial charge on any atom is -0.497 e. The number of hydrogen-bond donors (Lipinski definition) is 0. The first kappa shape index (κ1) is 160. The number of benzene rings is 7. The molecule has 6 aliphatic rings. The van der Waals surface area contributed by atoms with Crippen molar-refractivity contribution >= 4 is 60.1 Å². The van der Waals surface area contributed by atoms with Gasteiger partial charge in [-0.1, -0.05) is 466 Å². The molecule has 820 valence electrons. The zero-order chi connectivity index (χ0) is 112. The Kier molecular flexibility index (Phi) is 148. The molecular weight excluding hydrogens is 1820 g/mol. The van der Waals surface area contributed by atoms with Crippen LogP contribution in [0.15, 0.2) is 258 Å². The average molecular weight is 2050 g/mol. The van der Waals surface area contributed by atoms with Gasteiger partial charge in [-0.15, -0.1) is 34.0 Å². The van der Waals surface area contributed by atoms with E-state index in [2.05, 4.69) is 173 Å². The number of Topliss-reactive ketones (excluding diaryl/α,β-unsaturated/α-hetero) is 1. The first-order valence-corrected chi connectivity index (χ1v) is 59.2. The lowest BCUT2D eigenvalue weighted by Gasteiger charge is -2.13. The van der Waals surface area contributed by atoms with Gasteiger partial charge in [0.2, 0.25) is 0 Å². The van der Waals surface area contributed by atoms with Gasteiger partial charge in [-0.05, 0) is 191 Å². The Hall–Kier alpha value is -9.71. The molecule has 7 aromatic carbocycles. The molecule has 0 radical (unpaired) electrons. The number of para-hydroxylation sites is 1. The Labute approximate surface area is 902 Å². The smallest absolute Gasteiger partial charge is 0.181 e. The van der Waals surface area contributed by atoms with Gasteiger partial charge >= 0.3 is 0 Å². The standard InChI is InChI=1S/C10H12.C10H8.C8H10O.C8H8O.C8H10.2C7H10N2.C7H8O.C6H8N2.C6H7NO.C6H7NS.C5H3NS2.20C2H6/c2*1-2-6-10-8-4-3-7-9(10)5-1;1-9-7-8-5-3-2-4-6-8;1-7(9)8-5-3-2-4-6-8;1-2-8-6-4-3-5-7-8;1-9-5-8-6-3-2-4-7(6)9;1-2-6-9-7(3-1)4-5-8-9;1-8-7-5-3-2-4-6-7;1-2-6-3-4-7-8(6)5-1;2*1-2-5-6(3-1)8-4-7-5;1-2-7-5-4(1)6-3-8-5;20*1-2/h1-2,5-6H,3-4,7-8H2;1-8H;2-6H,7H2,1H3;2-6H,1H3;3-7H,2H2,1H3;5H,2-4H2,1H3;4-5H,1-3,6H2;2-6H,1H3;3-4H,1-2,5H2;2*4H,1-3H2;1-3H;20*1-2H3. The number of ketones is 1. The van der Waals surface area contributed by atoms with E-state index >= 15 is 0 Å². The summed E-state index contributed by atoms with van der Waals surface area (Å²) < 4.78 is 22.5. The van der Waals surface area contributed by atoms with Crippen molar-refractivity contribution in [3.63, 3.8) is 0 Å². The Morgan fingerprint density at radius 3 is 1.14 bits per heavy atom. The predicted molar refractivity (Wildman–Crippen MR) is 658 cm³/mol. The van der Waals surface area contributed by atoms with Crippen molar-refractivity contribution in [1.82, 2.24) is 44.1 Å². The van der Waals surface area contributed by atoms with E-state index in [0.717, 1.165) is 54.9 Å². The van der Waals surface area contributed by atoms with Gasteiger partial charge in [-0.2, -0.15) is 10.2 Å². The molecule has 13 nitrogen and oxygen atoms in total. The Morgan fingerprint density at radius 1 is 0.354 bits per heavy atom. The number of methoxy groups -OCH3 is 2. The van der Waals surface area contributed by atoms with Gasteiger partial charge in [-0.3, -0.25) is 14.2 Å². The second kappa shape index (κ2) is 133. The number of fused-ring (bicyclic) bond motifs is 8. The third kappa shape index (κ3) is 79.6. The SMILES string of the molecule is CC.CC.CC.CC.CC.CC.CC.CC.CC.CC.CC.CC.CC.CC.CC.CC.CC.CC.CC.CC.CC(=O)c1ccccc1.CCc1ccccc1.COCc1ccccc1.COc1ccccc1.Cn1cnc2c1CCC2.c1cc2n(n1)CCC2.c1cc2n(n1)CCCC2.c1cc2ncsc2s1.c1ccc2c(c1)CCCC2.c1ccc2ccccc2c1.c1nc2c(o1)CCC2.c1nc2c(s1)CCC2. The van der Waals surface area contributed by atoms with Crippen LogP contribution in [0.1, 0.15) is 420 Å². The number of thiophene rings is 1. The van der Waals surface area contributed by atoms with Crippen LogP contribution in [0.3, 0.4) is 0 Å². The molecule has 14 aromatic rings. The molecule has 7 aromatic heterocycles. The minimum absolute atomic E-state index is 0.121. The van der Waals surface area contributed by atoms with Crippen molar-refractivity contribution in [3.05, 3.63) is 326 Å². The van der Waals surface area contributed by atoms with Crippen LogP contribution in [-0.4, -0.2) is 64.1 Å². The quantitative estimate of drug-likeness (QED) is 0.153. The summed E-state index contributed by atoms with van der Waals surface area (Å²) in [6.45, 7) is 86.7. The van der Waals surface area contributed by atoms with Gasteiger partial charge < -0.3 is 18.5 Å². The predicted octanol–water partition coefficient (Wildman–Crippen LogP) is 41.7. The highest BCUT2D eigenvalue weighted by Gasteiger charge is 2.16. The van der Waals surface area contributed by atoms with Crippen molar-refractivity contribution in [1.29, 1.82) is 0 Å². The number of nitrogens with zero attached hydrogens (tertiary/aromatic N) is 9. The number of rotatable bonds is 5. The molecule has 0 saturated carbocycles. The first-order chi connectivity index (χ1) is 71.2. The van der Waals surface area contributed by atoms with Crippen LogP contribution < -0.4 is 4.74 Å². The Morgan fingerprint density at radius 2 is 0.743 bits per heavy atom. The molecule has 0 bridgehead atoms. The number of aryl methyl sites for hydroxylation is 13. The van der Waals surface area contributed by atoms with E-state index < -0.39 is 0 Å². The maximum atomic E-state index is 10.6. The van der Waals surface area contributed by atoms with E-state index in [-0.39, 0.29) is 5.78 Å². The fraction of sp³-hybridized carbons (Fsp3) is 0.523. The number of ether oxygens (including phenoxy) is 2. The Bertz CT molecular complexity index is 4240. The molecule has 4 aliphatic carbocycles. The van der Waals surface area contributed by atoms with Gasteiger partial charge in [0, 0.05) is 73.6 Å². The molecule has 0 unspecified atom stereocenters. The molecule has 0 saturated heterocycles. The maximum Gasteiger partial charge on any atom is 0.181 e. The zero-order valence-corrected chi connectivity index (χ0v) is 104. The van der Waals surface area contributed by atoms with Gasteiger partial charge in [0.05, 0.1) is 53.7 Å². The first-order valence-electron chi connectivity index (χ1n) is 56.6. The number of aromatic nitrogens is 9. The number of carbonyl (C=O) groups is 1. The van der Waals surface area contributed by atoms with Gasteiger partial charge in [0.25, 0.3) is 0 Å². The summed E-state index contributed by atoms with van der Waals surface area (Å²) >= 11 is 5.25. The van der Waals surface area contributed by atoms with E-state index in [1.165, 1.54) is 174 Å². The highest BCUT2D eigenvalue weighted by molar-refractivity contribution is 7.36. The van der Waals surface area contributed by atoms with E-state index in [0.29, 0.717) is 6.61 Å². The summed E-state index contributed by atoms with van der Waals surface area (Å²) in [5, 5.41) is 13.0. The molecule has 0 N–H and O–H groups in total. The number of carbonyl (C=O) groups excluding carboxylic acids is 1. The Balaban J connectivity index is -0.000000128. The third-order valence-corrected chi connectivity index (χ3v) is 20.8. The van der Waals surface area contributed by atoms with Crippen molar-refractivity contribution in [2.24, 2.45) is 7.05 Å². The van der Waals surface area contributed by atoms with E-state index in [4.69, 9.17) is 13.9 Å². The van der Waals surface area contributed by atoms with Crippen LogP contribution in [0, 0.1) is 0 Å². The van der Waals surface area contributed by atoms with Crippen molar-refractivity contribution in [3.8, 4) is 5.75 Å². The van der Waals surface area contributed by atoms with Crippen LogP contribution in [-0.2, 0) is 102 Å². The highest BCUT2D eigenvalue weighted by Crippen LogP contribution is 2.26. The van der Waals surface area contributed by atoms with E-state index in [1.54, 1.807) is 66.3 Å². The number of oxazole rings is 1. The summed E-state index contributed by atoms with van der Waals surface area (Å²) in [4.78, 5) is 28.8. The number of hydrogen-bond acceptors (Lipinski definition) is 13. The van der Waals surface area contributed by atoms with E-state index in [9.17, 15) is 4.79 Å². The fourth-order valence-corrected chi connectivity index (χ4v) is 14.8. The van der Waals surface area contributed by atoms with Crippen molar-refractivity contribution in [2.45, 2.75) is 432 Å². The number of thiazole rings is 2. The van der Waals surface area contributed by atoms with Crippen LogP contribution in [0.4, 0.5) is 0 Å². The van der Waals surface area contributed by atoms with Crippen molar-refractivity contribution < 1.29 is 18.7 Å². The molecule has 144 heavy (non-hydrogen) atoms. The second-order valence-corrected chi connectivity index (χ2v) is 28.3. The second-order valence-electron chi connectivity index (χ2n) is 25.4. The lowest BCUT2D eigenvalue weighted by Crippen LogP contribution is -2.10. The highest BCUT2D eigenvalue weighted by atomic mass is 32.2. The molecular formula is C128H221N9O4S3. The van der Waals surface area contributed by atoms with Crippen molar-refractivity contribution in [2.75, 3.05) is 14.2 Å². The molecule has 0 amide bonds. The molecule has 20 rings (SSSR count). The van der Waals surface area contributed by atoms with Gasteiger partial charge in [-0.25, -0.2) is 19.9 Å². The van der Waals surface area contributed by atoms with Crippen LogP contribution >= 0.6 is 34.0 Å². The molecule has 0 fully saturated rings. The largest absolute Gasteiger partial charge is 0.497 e. The lowest BCUT2D eigenvalue weighted by molar-refractivity contribution is 0.101. The van der Waals surface area contributed by atoms with Gasteiger partial charge in [0.15, 0.2) is 12.2 Å². The van der Waals surface area contributed by atoms with Crippen LogP contribution in [0.5, 0.6) is 5.75 Å². The summed E-state index contributed by atoms with van der Waals surface area (Å²) in [5.74, 6) is 2.13. The summed E-state index contributed by atoms with van der Waals surface area (Å²) in [6.07, 6.45) is 31.1. The molecule has 9 heterocycles. The zero-order valence-electron chi connectivity index (χ0n) is 101. The third-order valence-electron chi connectivity index (χ3n) is 18.0. The van der Waals surface area contributed by atoms with Crippen LogP contribution in [0.25, 0.3) is 20.3 Å². The topological polar surface area (TPSA) is 141 Å². The summed E-state index contributed by atoms with van der Waals surface area (Å²) in [5.41, 5.74) is 19.6. The van der Waals surface area contributed by atoms with Crippen LogP contribution in [0.2, 0.25) is 0 Å². The molecule has 2 aliphatic heterocycles. The number of imidazole rings is 1. The lowest BCUT2D eigenvalue weighted by atomic mass is 9.92. The summed E-state index contributed by atoms with van der Waals surface area (Å²) in [6, 6.07) is 71.2. The molecule has 16 heteroatoms. The average Bonchev–Trinajstić information content (AvgIpc) is 1.02. The molecule has 0 atom stereocenters. The fourth-order valence-electron chi connectivity index (χ4n) is 12.3. The monoisotopic (exact) mass is 2040 g/mol. The van der Waals surface area contributed by atoms with E-state index in [1.807, 2.05) is 410 Å². The minimum atomic E-state index is 0.121. The maximum absolute atomic E-state index is 10.6. The molecule has 0 spiro atoms. The van der Waals surface area contributed by atoms with Gasteiger partial charge in [0.1, 0.15) is 15.5 Å². The normalized spacial score (nSPS) is 10.2. The summed E-state index contributed by atoms with van der Waals surface area (Å²) in [7, 11) is 5.43.